The number of ether oxygens (including phenoxy) is 2. The average molecular weight is 462 g/mol. The van der Waals surface area contributed by atoms with E-state index in [4.69, 9.17) is 19.4 Å². The molecule has 0 spiro atoms. The van der Waals surface area contributed by atoms with Crippen molar-refractivity contribution in [2.24, 2.45) is 0 Å². The number of aromatic nitrogens is 3. The molecule has 3 heterocycles. The van der Waals surface area contributed by atoms with Crippen LogP contribution in [0, 0.1) is 0 Å². The smallest absolute Gasteiger partial charge is 0.163 e. The number of benzene rings is 1. The molecule has 1 aromatic carbocycles. The molecule has 2 aromatic heterocycles. The third kappa shape index (κ3) is 5.90. The summed E-state index contributed by atoms with van der Waals surface area (Å²) >= 11 is 0. The summed E-state index contributed by atoms with van der Waals surface area (Å²) in [6.07, 6.45) is 5.88. The first-order chi connectivity index (χ1) is 16.6. The topological polar surface area (TPSA) is 63.6 Å². The Hall–Kier alpha value is -3.03. The molecule has 3 aromatic rings. The largest absolute Gasteiger partial charge is 0.496 e. The zero-order valence-corrected chi connectivity index (χ0v) is 20.7. The lowest BCUT2D eigenvalue weighted by atomic mass is 9.93. The minimum absolute atomic E-state index is 0.368. The van der Waals surface area contributed by atoms with Crippen molar-refractivity contribution in [3.8, 4) is 17.1 Å². The van der Waals surface area contributed by atoms with Crippen molar-refractivity contribution >= 4 is 5.82 Å². The zero-order valence-electron chi connectivity index (χ0n) is 20.7. The highest BCUT2D eigenvalue weighted by Gasteiger charge is 2.24. The zero-order chi connectivity index (χ0) is 23.9. The van der Waals surface area contributed by atoms with Gasteiger partial charge in [-0.05, 0) is 56.1 Å². The normalized spacial score (nSPS) is 16.4. The van der Waals surface area contributed by atoms with E-state index in [0.717, 1.165) is 66.7 Å². The number of hydrogen-bond acceptors (Lipinski definition) is 7. The van der Waals surface area contributed by atoms with Crippen molar-refractivity contribution in [2.75, 3.05) is 45.8 Å². The number of anilines is 1. The summed E-state index contributed by atoms with van der Waals surface area (Å²) in [6.45, 7) is 6.24. The van der Waals surface area contributed by atoms with Crippen LogP contribution in [-0.2, 0) is 17.9 Å². The van der Waals surface area contributed by atoms with Gasteiger partial charge in [-0.1, -0.05) is 6.07 Å². The van der Waals surface area contributed by atoms with Gasteiger partial charge in [0.25, 0.3) is 0 Å². The van der Waals surface area contributed by atoms with E-state index in [9.17, 15) is 0 Å². The molecule has 0 aliphatic carbocycles. The number of hydrogen-bond donors (Lipinski definition) is 0. The van der Waals surface area contributed by atoms with E-state index >= 15 is 0 Å². The summed E-state index contributed by atoms with van der Waals surface area (Å²) in [6, 6.07) is 12.5. The molecule has 1 fully saturated rings. The quantitative estimate of drug-likeness (QED) is 0.464. The second-order valence-electron chi connectivity index (χ2n) is 8.97. The molecule has 4 rings (SSSR count). The summed E-state index contributed by atoms with van der Waals surface area (Å²) in [5.41, 5.74) is 4.43. The number of rotatable bonds is 9. The number of piperidine rings is 1. The van der Waals surface area contributed by atoms with Gasteiger partial charge in [-0.3, -0.25) is 9.88 Å². The van der Waals surface area contributed by atoms with E-state index in [1.165, 1.54) is 5.56 Å². The van der Waals surface area contributed by atoms with Gasteiger partial charge in [-0.15, -0.1) is 0 Å². The van der Waals surface area contributed by atoms with Crippen molar-refractivity contribution < 1.29 is 9.47 Å². The fourth-order valence-corrected chi connectivity index (χ4v) is 4.47. The van der Waals surface area contributed by atoms with Crippen molar-refractivity contribution in [2.45, 2.75) is 38.8 Å². The third-order valence-electron chi connectivity index (χ3n) is 6.25. The predicted octanol–water partition coefficient (Wildman–Crippen LogP) is 4.53. The Kier molecular flexibility index (Phi) is 8.08. The molecule has 180 valence electrons. The van der Waals surface area contributed by atoms with Crippen LogP contribution in [0.4, 0.5) is 5.82 Å². The van der Waals surface area contributed by atoms with Gasteiger partial charge in [0.05, 0.1) is 19.4 Å². The highest BCUT2D eigenvalue weighted by molar-refractivity contribution is 5.56. The lowest BCUT2D eigenvalue weighted by Crippen LogP contribution is -2.34. The Morgan fingerprint density at radius 1 is 1.15 bits per heavy atom. The number of methoxy groups -OCH3 is 1. The molecule has 0 bridgehead atoms. The average Bonchev–Trinajstić information content (AvgIpc) is 2.88. The molecule has 0 N–H and O–H groups in total. The Balaban J connectivity index is 1.53. The molecule has 0 amide bonds. The maximum atomic E-state index is 5.64. The van der Waals surface area contributed by atoms with Gasteiger partial charge in [0, 0.05) is 69.3 Å². The molecule has 0 unspecified atom stereocenters. The summed E-state index contributed by atoms with van der Waals surface area (Å²) in [5.74, 6) is 2.92. The third-order valence-corrected chi connectivity index (χ3v) is 6.25. The van der Waals surface area contributed by atoms with E-state index in [0.29, 0.717) is 19.1 Å². The Morgan fingerprint density at radius 3 is 2.76 bits per heavy atom. The summed E-state index contributed by atoms with van der Waals surface area (Å²) in [5, 5.41) is 0. The molecule has 34 heavy (non-hydrogen) atoms. The SMILES string of the molecule is CCOCc1cc(CN2CCC[C@@H](c3cc(N(C)C)nc(-c4cccnc4)n3)C2)ccc1OC. The van der Waals surface area contributed by atoms with Gasteiger partial charge in [0.15, 0.2) is 5.82 Å². The first kappa shape index (κ1) is 24.1. The lowest BCUT2D eigenvalue weighted by Gasteiger charge is -2.33. The molecule has 1 saturated heterocycles. The van der Waals surface area contributed by atoms with Crippen LogP contribution in [0.2, 0.25) is 0 Å². The molecule has 7 nitrogen and oxygen atoms in total. The van der Waals surface area contributed by atoms with Gasteiger partial charge in [0.2, 0.25) is 0 Å². The van der Waals surface area contributed by atoms with E-state index < -0.39 is 0 Å². The molecular formula is C27H35N5O2. The van der Waals surface area contributed by atoms with Crippen LogP contribution in [-0.4, -0.2) is 60.8 Å². The Morgan fingerprint density at radius 2 is 2.03 bits per heavy atom. The standard InChI is InChI=1S/C27H35N5O2/c1-5-34-19-23-14-20(10-11-25(23)33-4)17-32-13-7-9-22(18-32)24-15-26(31(2)3)30-27(29-24)21-8-6-12-28-16-21/h6,8,10-12,14-16,22H,5,7,9,13,17-19H2,1-4H3/t22-/m1/s1. The summed E-state index contributed by atoms with van der Waals surface area (Å²) < 4.78 is 11.2. The number of likely N-dealkylation sites (tertiary alicyclic amines) is 1. The van der Waals surface area contributed by atoms with Crippen LogP contribution < -0.4 is 9.64 Å². The molecule has 1 aliphatic heterocycles. The Bertz CT molecular complexity index is 1070. The molecule has 0 radical (unpaired) electrons. The highest BCUT2D eigenvalue weighted by atomic mass is 16.5. The highest BCUT2D eigenvalue weighted by Crippen LogP contribution is 2.30. The van der Waals surface area contributed by atoms with E-state index in [2.05, 4.69) is 34.1 Å². The van der Waals surface area contributed by atoms with Crippen LogP contribution in [0.3, 0.4) is 0 Å². The molecule has 7 heteroatoms. The molecule has 0 saturated carbocycles. The van der Waals surface area contributed by atoms with Gasteiger partial charge < -0.3 is 14.4 Å². The lowest BCUT2D eigenvalue weighted by molar-refractivity contribution is 0.131. The maximum Gasteiger partial charge on any atom is 0.163 e. The van der Waals surface area contributed by atoms with Crippen molar-refractivity contribution in [1.82, 2.24) is 19.9 Å². The van der Waals surface area contributed by atoms with Gasteiger partial charge in [-0.25, -0.2) is 9.97 Å². The first-order valence-corrected chi connectivity index (χ1v) is 12.0. The van der Waals surface area contributed by atoms with Crippen molar-refractivity contribution in [3.63, 3.8) is 0 Å². The Labute approximate surface area is 202 Å². The van der Waals surface area contributed by atoms with Crippen LogP contribution >= 0.6 is 0 Å². The van der Waals surface area contributed by atoms with Gasteiger partial charge in [0.1, 0.15) is 11.6 Å². The van der Waals surface area contributed by atoms with Crippen LogP contribution in [0.1, 0.15) is 42.5 Å². The monoisotopic (exact) mass is 461 g/mol. The second-order valence-corrected chi connectivity index (χ2v) is 8.97. The van der Waals surface area contributed by atoms with E-state index in [-0.39, 0.29) is 0 Å². The van der Waals surface area contributed by atoms with Crippen LogP contribution in [0.25, 0.3) is 11.4 Å². The second kappa shape index (κ2) is 11.4. The summed E-state index contributed by atoms with van der Waals surface area (Å²) in [7, 11) is 5.76. The van der Waals surface area contributed by atoms with Crippen LogP contribution in [0.5, 0.6) is 5.75 Å². The minimum atomic E-state index is 0.368. The van der Waals surface area contributed by atoms with Crippen LogP contribution in [0.15, 0.2) is 48.8 Å². The molecule has 1 atom stereocenters. The number of nitrogens with zero attached hydrogens (tertiary/aromatic N) is 5. The molecule has 1 aliphatic rings. The maximum absolute atomic E-state index is 5.64. The van der Waals surface area contributed by atoms with Crippen molar-refractivity contribution in [3.05, 3.63) is 65.6 Å². The van der Waals surface area contributed by atoms with Gasteiger partial charge >= 0.3 is 0 Å². The fraction of sp³-hybridized carbons (Fsp3) is 0.444. The van der Waals surface area contributed by atoms with E-state index in [1.807, 2.05) is 44.2 Å². The van der Waals surface area contributed by atoms with E-state index in [1.54, 1.807) is 13.3 Å². The fourth-order valence-electron chi connectivity index (χ4n) is 4.47. The minimum Gasteiger partial charge on any atom is -0.496 e. The number of pyridine rings is 1. The summed E-state index contributed by atoms with van der Waals surface area (Å²) in [4.78, 5) is 18.6. The van der Waals surface area contributed by atoms with Gasteiger partial charge in [-0.2, -0.15) is 0 Å². The van der Waals surface area contributed by atoms with Crippen molar-refractivity contribution in [1.29, 1.82) is 0 Å². The molecular weight excluding hydrogens is 426 g/mol. The predicted molar refractivity (Wildman–Crippen MR) is 135 cm³/mol. The first-order valence-electron chi connectivity index (χ1n) is 12.0.